The summed E-state index contributed by atoms with van der Waals surface area (Å²) in [6, 6.07) is 12.2. The smallest absolute Gasteiger partial charge is 0.276 e. The molecule has 8 heteroatoms. The van der Waals surface area contributed by atoms with Crippen molar-refractivity contribution in [2.24, 2.45) is 0 Å². The summed E-state index contributed by atoms with van der Waals surface area (Å²) in [6.45, 7) is 0. The molecule has 1 aromatic heterocycles. The molecule has 0 unspecified atom stereocenters. The van der Waals surface area contributed by atoms with Gasteiger partial charge < -0.3 is 10.2 Å². The highest BCUT2D eigenvalue weighted by Gasteiger charge is 2.16. The number of para-hydroxylation sites is 1. The van der Waals surface area contributed by atoms with Gasteiger partial charge in [0.1, 0.15) is 11.5 Å². The molecule has 1 N–H and O–H groups in total. The molecule has 27 heavy (non-hydrogen) atoms. The Morgan fingerprint density at radius 2 is 1.89 bits per heavy atom. The van der Waals surface area contributed by atoms with E-state index in [2.05, 4.69) is 10.4 Å². The van der Waals surface area contributed by atoms with Gasteiger partial charge in [-0.05, 0) is 36.4 Å². The number of hydrogen-bond donors (Lipinski definition) is 1. The molecule has 0 saturated heterocycles. The van der Waals surface area contributed by atoms with Crippen molar-refractivity contribution < 1.29 is 14.0 Å². The van der Waals surface area contributed by atoms with E-state index in [0.717, 1.165) is 0 Å². The Labute approximate surface area is 160 Å². The first-order valence-corrected chi connectivity index (χ1v) is 8.38. The number of aromatic nitrogens is 2. The first-order chi connectivity index (χ1) is 12.9. The standard InChI is InChI=1S/C19H16ClFN4O2/c1-24(2)19(27)12-7-8-13(20)16(11-12)22-18(26)15-9-10-25(23-15)17-6-4-3-5-14(17)21/h3-11H,1-2H3,(H,22,26). The van der Waals surface area contributed by atoms with Crippen molar-refractivity contribution in [3.8, 4) is 5.69 Å². The van der Waals surface area contributed by atoms with Crippen LogP contribution in [0.3, 0.4) is 0 Å². The van der Waals surface area contributed by atoms with Crippen LogP contribution in [0.15, 0.2) is 54.7 Å². The second kappa shape index (κ2) is 7.59. The van der Waals surface area contributed by atoms with Crippen molar-refractivity contribution in [1.29, 1.82) is 0 Å². The van der Waals surface area contributed by atoms with Crippen molar-refractivity contribution in [3.05, 3.63) is 76.8 Å². The number of carbonyl (C=O) groups is 2. The zero-order valence-corrected chi connectivity index (χ0v) is 15.4. The highest BCUT2D eigenvalue weighted by Crippen LogP contribution is 2.24. The summed E-state index contributed by atoms with van der Waals surface area (Å²) in [5, 5.41) is 7.01. The molecule has 0 atom stereocenters. The summed E-state index contributed by atoms with van der Waals surface area (Å²) in [6.07, 6.45) is 1.49. The van der Waals surface area contributed by atoms with Gasteiger partial charge in [-0.15, -0.1) is 0 Å². The molecule has 0 spiro atoms. The number of hydrogen-bond acceptors (Lipinski definition) is 3. The van der Waals surface area contributed by atoms with Crippen LogP contribution in [0.5, 0.6) is 0 Å². The predicted octanol–water partition coefficient (Wildman–Crippen LogP) is 3.62. The third-order valence-electron chi connectivity index (χ3n) is 3.79. The van der Waals surface area contributed by atoms with Gasteiger partial charge in [-0.1, -0.05) is 23.7 Å². The van der Waals surface area contributed by atoms with Crippen LogP contribution in [0.4, 0.5) is 10.1 Å². The number of rotatable bonds is 4. The Hall–Kier alpha value is -3.19. The van der Waals surface area contributed by atoms with Crippen molar-refractivity contribution in [3.63, 3.8) is 0 Å². The van der Waals surface area contributed by atoms with E-state index in [-0.39, 0.29) is 28.0 Å². The van der Waals surface area contributed by atoms with Crippen LogP contribution in [0.25, 0.3) is 5.69 Å². The molecular formula is C19H16ClFN4O2. The van der Waals surface area contributed by atoms with Crippen LogP contribution in [0, 0.1) is 5.82 Å². The summed E-state index contributed by atoms with van der Waals surface area (Å²) >= 11 is 6.12. The average molecular weight is 387 g/mol. The van der Waals surface area contributed by atoms with Crippen molar-refractivity contribution in [1.82, 2.24) is 14.7 Å². The van der Waals surface area contributed by atoms with Crippen LogP contribution < -0.4 is 5.32 Å². The zero-order valence-electron chi connectivity index (χ0n) is 14.6. The number of amides is 2. The quantitative estimate of drug-likeness (QED) is 0.744. The van der Waals surface area contributed by atoms with Crippen LogP contribution in [-0.2, 0) is 0 Å². The molecule has 0 fully saturated rings. The van der Waals surface area contributed by atoms with Gasteiger partial charge in [-0.3, -0.25) is 9.59 Å². The minimum Gasteiger partial charge on any atom is -0.345 e. The summed E-state index contributed by atoms with van der Waals surface area (Å²) in [4.78, 5) is 26.0. The summed E-state index contributed by atoms with van der Waals surface area (Å²) in [5.41, 5.74) is 0.984. The molecule has 0 aliphatic rings. The average Bonchev–Trinajstić information content (AvgIpc) is 3.13. The fourth-order valence-corrected chi connectivity index (χ4v) is 2.58. The van der Waals surface area contributed by atoms with E-state index in [1.165, 1.54) is 40.0 Å². The Morgan fingerprint density at radius 1 is 1.15 bits per heavy atom. The minimum atomic E-state index is -0.526. The second-order valence-electron chi connectivity index (χ2n) is 5.95. The highest BCUT2D eigenvalue weighted by molar-refractivity contribution is 6.34. The largest absolute Gasteiger partial charge is 0.345 e. The molecule has 0 bridgehead atoms. The van der Waals surface area contributed by atoms with E-state index in [4.69, 9.17) is 11.6 Å². The fourth-order valence-electron chi connectivity index (χ4n) is 2.42. The maximum atomic E-state index is 13.9. The number of anilines is 1. The molecule has 2 amide bonds. The Balaban J connectivity index is 1.83. The highest BCUT2D eigenvalue weighted by atomic mass is 35.5. The van der Waals surface area contributed by atoms with E-state index in [0.29, 0.717) is 5.56 Å². The third kappa shape index (κ3) is 3.98. The molecular weight excluding hydrogens is 371 g/mol. The van der Waals surface area contributed by atoms with Crippen molar-refractivity contribution in [2.75, 3.05) is 19.4 Å². The number of nitrogens with one attached hydrogen (secondary N) is 1. The summed E-state index contributed by atoms with van der Waals surface area (Å²) in [7, 11) is 3.26. The Bertz CT molecular complexity index is 1020. The third-order valence-corrected chi connectivity index (χ3v) is 4.12. The second-order valence-corrected chi connectivity index (χ2v) is 6.35. The van der Waals surface area contributed by atoms with E-state index >= 15 is 0 Å². The van der Waals surface area contributed by atoms with Gasteiger partial charge in [0.2, 0.25) is 0 Å². The molecule has 6 nitrogen and oxygen atoms in total. The van der Waals surface area contributed by atoms with Gasteiger partial charge in [0.25, 0.3) is 11.8 Å². The summed E-state index contributed by atoms with van der Waals surface area (Å²) in [5.74, 6) is -1.20. The van der Waals surface area contributed by atoms with Gasteiger partial charge in [-0.25, -0.2) is 9.07 Å². The molecule has 2 aromatic carbocycles. The number of nitrogens with zero attached hydrogens (tertiary/aromatic N) is 3. The monoisotopic (exact) mass is 386 g/mol. The van der Waals surface area contributed by atoms with Crippen LogP contribution >= 0.6 is 11.6 Å². The van der Waals surface area contributed by atoms with Gasteiger partial charge in [-0.2, -0.15) is 5.10 Å². The summed E-state index contributed by atoms with van der Waals surface area (Å²) < 4.78 is 15.1. The maximum Gasteiger partial charge on any atom is 0.276 e. The first kappa shape index (κ1) is 18.6. The molecule has 0 saturated carbocycles. The Morgan fingerprint density at radius 3 is 2.59 bits per heavy atom. The van der Waals surface area contributed by atoms with Gasteiger partial charge in [0.15, 0.2) is 5.69 Å². The lowest BCUT2D eigenvalue weighted by atomic mass is 10.1. The number of carbonyl (C=O) groups excluding carboxylic acids is 2. The lowest BCUT2D eigenvalue weighted by molar-refractivity contribution is 0.0827. The van der Waals surface area contributed by atoms with E-state index < -0.39 is 11.7 Å². The molecule has 1 heterocycles. The zero-order chi connectivity index (χ0) is 19.6. The van der Waals surface area contributed by atoms with E-state index in [1.54, 1.807) is 38.4 Å². The van der Waals surface area contributed by atoms with Crippen LogP contribution in [-0.4, -0.2) is 40.6 Å². The SMILES string of the molecule is CN(C)C(=O)c1ccc(Cl)c(NC(=O)c2ccn(-c3ccccc3F)n2)c1. The van der Waals surface area contributed by atoms with Gasteiger partial charge >= 0.3 is 0 Å². The van der Waals surface area contributed by atoms with Gasteiger partial charge in [0, 0.05) is 25.9 Å². The van der Waals surface area contributed by atoms with Crippen LogP contribution in [0.1, 0.15) is 20.8 Å². The van der Waals surface area contributed by atoms with Gasteiger partial charge in [0.05, 0.1) is 10.7 Å². The normalized spacial score (nSPS) is 10.5. The topological polar surface area (TPSA) is 67.2 Å². The Kier molecular flexibility index (Phi) is 5.23. The molecule has 0 radical (unpaired) electrons. The lowest BCUT2D eigenvalue weighted by Gasteiger charge is -2.12. The lowest BCUT2D eigenvalue weighted by Crippen LogP contribution is -2.22. The minimum absolute atomic E-state index is 0.0821. The predicted molar refractivity (Wildman–Crippen MR) is 101 cm³/mol. The van der Waals surface area contributed by atoms with Crippen molar-refractivity contribution in [2.45, 2.75) is 0 Å². The van der Waals surface area contributed by atoms with E-state index in [9.17, 15) is 14.0 Å². The molecule has 3 aromatic rings. The fraction of sp³-hybridized carbons (Fsp3) is 0.105. The number of halogens is 2. The first-order valence-electron chi connectivity index (χ1n) is 8.00. The molecule has 138 valence electrons. The van der Waals surface area contributed by atoms with E-state index in [1.807, 2.05) is 0 Å². The van der Waals surface area contributed by atoms with Crippen LogP contribution in [0.2, 0.25) is 5.02 Å². The molecule has 0 aliphatic carbocycles. The molecule has 0 aliphatic heterocycles. The molecule has 3 rings (SSSR count). The van der Waals surface area contributed by atoms with Crippen molar-refractivity contribution >= 4 is 29.1 Å². The maximum absolute atomic E-state index is 13.9. The number of benzene rings is 2.